The van der Waals surface area contributed by atoms with E-state index < -0.39 is 10.8 Å². The third kappa shape index (κ3) is 3.35. The van der Waals surface area contributed by atoms with Gasteiger partial charge in [-0.05, 0) is 6.07 Å². The minimum Gasteiger partial charge on any atom is -0.258 e. The molecule has 0 atom stereocenters. The highest BCUT2D eigenvalue weighted by Gasteiger charge is 2.12. The fourth-order valence-electron chi connectivity index (χ4n) is 1.66. The van der Waals surface area contributed by atoms with Crippen LogP contribution in [0.25, 0.3) is 5.69 Å². The van der Waals surface area contributed by atoms with Crippen molar-refractivity contribution in [1.82, 2.24) is 9.78 Å². The molecule has 2 rings (SSSR count). The molecule has 1 aromatic heterocycles. The van der Waals surface area contributed by atoms with Crippen LogP contribution < -0.4 is 0 Å². The first kappa shape index (κ1) is 15.4. The van der Waals surface area contributed by atoms with Gasteiger partial charge in [0, 0.05) is 18.3 Å². The van der Waals surface area contributed by atoms with Gasteiger partial charge in [0.25, 0.3) is 5.69 Å². The van der Waals surface area contributed by atoms with Gasteiger partial charge in [0.05, 0.1) is 28.9 Å². The summed E-state index contributed by atoms with van der Waals surface area (Å²) < 4.78 is 1.27. The van der Waals surface area contributed by atoms with Crippen LogP contribution in [0, 0.1) is 50.0 Å². The molecule has 1 heterocycles. The van der Waals surface area contributed by atoms with Gasteiger partial charge in [-0.2, -0.15) is 15.8 Å². The molecule has 110 valence electrons. The highest BCUT2D eigenvalue weighted by atomic mass is 16.6. The van der Waals surface area contributed by atoms with Gasteiger partial charge in [-0.25, -0.2) is 9.67 Å². The van der Waals surface area contributed by atoms with Crippen molar-refractivity contribution < 1.29 is 4.92 Å². The van der Waals surface area contributed by atoms with E-state index >= 15 is 0 Å². The average Bonchev–Trinajstić information content (AvgIpc) is 2.99. The zero-order chi connectivity index (χ0) is 16.8. The minimum absolute atomic E-state index is 0.0227. The quantitative estimate of drug-likeness (QED) is 0.479. The van der Waals surface area contributed by atoms with Crippen molar-refractivity contribution in [3.05, 3.63) is 46.1 Å². The molecule has 0 saturated carbocycles. The van der Waals surface area contributed by atoms with Crippen LogP contribution in [0.2, 0.25) is 0 Å². The van der Waals surface area contributed by atoms with Gasteiger partial charge in [-0.3, -0.25) is 10.1 Å². The molecule has 0 fully saturated rings. The van der Waals surface area contributed by atoms with E-state index in [2.05, 4.69) is 10.1 Å². The fraction of sp³-hybridized carbons (Fsp3) is 0.0714. The summed E-state index contributed by atoms with van der Waals surface area (Å²) in [4.78, 5) is 14.1. The van der Waals surface area contributed by atoms with E-state index in [0.717, 1.165) is 6.21 Å². The predicted molar refractivity (Wildman–Crippen MR) is 77.8 cm³/mol. The Morgan fingerprint density at radius 3 is 2.70 bits per heavy atom. The number of nitro benzene ring substituents is 1. The number of benzene rings is 1. The molecule has 0 unspecified atom stereocenters. The number of hydrogen-bond donors (Lipinski definition) is 0. The molecule has 9 heteroatoms. The molecule has 23 heavy (non-hydrogen) atoms. The van der Waals surface area contributed by atoms with Gasteiger partial charge >= 0.3 is 0 Å². The van der Waals surface area contributed by atoms with Crippen molar-refractivity contribution in [2.24, 2.45) is 10.9 Å². The number of non-ortho nitro benzene ring substituents is 1. The molecule has 0 saturated heterocycles. The summed E-state index contributed by atoms with van der Waals surface area (Å²) in [7, 11) is 0. The van der Waals surface area contributed by atoms with Crippen LogP contribution in [0.5, 0.6) is 0 Å². The van der Waals surface area contributed by atoms with Gasteiger partial charge in [0.15, 0.2) is 11.7 Å². The van der Waals surface area contributed by atoms with E-state index in [4.69, 9.17) is 15.8 Å². The number of nitro groups is 1. The monoisotopic (exact) mass is 305 g/mol. The first-order valence-corrected chi connectivity index (χ1v) is 6.17. The van der Waals surface area contributed by atoms with Gasteiger partial charge in [0.2, 0.25) is 0 Å². The predicted octanol–water partition coefficient (Wildman–Crippen LogP) is 2.02. The van der Waals surface area contributed by atoms with Gasteiger partial charge in [0.1, 0.15) is 11.6 Å². The van der Waals surface area contributed by atoms with Crippen molar-refractivity contribution in [1.29, 1.82) is 15.8 Å². The molecule has 0 aliphatic heterocycles. The van der Waals surface area contributed by atoms with Crippen molar-refractivity contribution in [3.8, 4) is 23.9 Å². The van der Waals surface area contributed by atoms with Gasteiger partial charge in [-0.15, -0.1) is 5.10 Å². The number of nitrogens with zero attached hydrogens (tertiary/aromatic N) is 7. The second-order valence-electron chi connectivity index (χ2n) is 4.21. The Hall–Kier alpha value is -4.03. The number of hydrogen-bond acceptors (Lipinski definition) is 7. The number of nitriles is 3. The van der Waals surface area contributed by atoms with Crippen LogP contribution in [-0.4, -0.2) is 20.9 Å². The second kappa shape index (κ2) is 6.61. The third-order valence-corrected chi connectivity index (χ3v) is 2.74. The van der Waals surface area contributed by atoms with Gasteiger partial charge < -0.3 is 0 Å². The van der Waals surface area contributed by atoms with Crippen LogP contribution in [0.4, 0.5) is 11.5 Å². The summed E-state index contributed by atoms with van der Waals surface area (Å²) in [5.74, 6) is -1.03. The van der Waals surface area contributed by atoms with E-state index in [1.807, 2.05) is 6.07 Å². The molecule has 0 N–H and O–H groups in total. The lowest BCUT2D eigenvalue weighted by atomic mass is 10.2. The molecule has 9 nitrogen and oxygen atoms in total. The van der Waals surface area contributed by atoms with Crippen molar-refractivity contribution in [3.63, 3.8) is 0 Å². The van der Waals surface area contributed by atoms with Crippen molar-refractivity contribution >= 4 is 17.7 Å². The maximum atomic E-state index is 10.8. The Balaban J connectivity index is 2.42. The minimum atomic E-state index is -1.05. The summed E-state index contributed by atoms with van der Waals surface area (Å²) in [6.07, 6.45) is 2.44. The number of aliphatic imine (C=N–C) groups is 1. The highest BCUT2D eigenvalue weighted by molar-refractivity contribution is 5.71. The van der Waals surface area contributed by atoms with Crippen LogP contribution in [0.15, 0.2) is 35.5 Å². The molecule has 0 spiro atoms. The standard InChI is InChI=1S/C14H7N7O2/c15-5-10(6-16)8-18-14-11(7-17)9-20(19-14)12-2-1-3-13(4-12)21(22)23/h1-4,8-10H. The summed E-state index contributed by atoms with van der Waals surface area (Å²) in [6.45, 7) is 0. The lowest BCUT2D eigenvalue weighted by Crippen LogP contribution is -1.96. The van der Waals surface area contributed by atoms with Gasteiger partial charge in [-0.1, -0.05) is 6.07 Å². The second-order valence-corrected chi connectivity index (χ2v) is 4.21. The Bertz CT molecular complexity index is 894. The lowest BCUT2D eigenvalue weighted by molar-refractivity contribution is -0.384. The Morgan fingerprint density at radius 1 is 1.35 bits per heavy atom. The number of rotatable bonds is 4. The normalized spacial score (nSPS) is 10.2. The van der Waals surface area contributed by atoms with Crippen molar-refractivity contribution in [2.75, 3.05) is 0 Å². The zero-order valence-corrected chi connectivity index (χ0v) is 11.5. The van der Waals surface area contributed by atoms with E-state index in [0.29, 0.717) is 5.69 Å². The first-order chi connectivity index (χ1) is 11.1. The molecular formula is C14H7N7O2. The first-order valence-electron chi connectivity index (χ1n) is 6.17. The summed E-state index contributed by atoms with van der Waals surface area (Å²) in [5, 5.41) is 41.3. The Morgan fingerprint density at radius 2 is 2.09 bits per heavy atom. The molecule has 0 aliphatic carbocycles. The van der Waals surface area contributed by atoms with E-state index in [1.54, 1.807) is 18.2 Å². The largest absolute Gasteiger partial charge is 0.271 e. The van der Waals surface area contributed by atoms with Crippen LogP contribution in [0.3, 0.4) is 0 Å². The molecule has 2 aromatic rings. The zero-order valence-electron chi connectivity index (χ0n) is 11.5. The Labute approximate surface area is 130 Å². The summed E-state index contributed by atoms with van der Waals surface area (Å²) in [5.41, 5.74) is 0.382. The van der Waals surface area contributed by atoms with Crippen LogP contribution >= 0.6 is 0 Å². The summed E-state index contributed by atoms with van der Waals surface area (Å²) >= 11 is 0. The summed E-state index contributed by atoms with van der Waals surface area (Å²) in [6, 6.07) is 11.0. The molecule has 0 bridgehead atoms. The number of aromatic nitrogens is 2. The topological polar surface area (TPSA) is 145 Å². The highest BCUT2D eigenvalue weighted by Crippen LogP contribution is 2.21. The van der Waals surface area contributed by atoms with E-state index in [1.165, 1.54) is 29.1 Å². The van der Waals surface area contributed by atoms with E-state index in [-0.39, 0.29) is 17.1 Å². The Kier molecular flexibility index (Phi) is 4.42. The molecular weight excluding hydrogens is 298 g/mol. The molecule has 0 amide bonds. The van der Waals surface area contributed by atoms with E-state index in [9.17, 15) is 10.1 Å². The lowest BCUT2D eigenvalue weighted by Gasteiger charge is -1.99. The van der Waals surface area contributed by atoms with Crippen LogP contribution in [-0.2, 0) is 0 Å². The molecule has 1 aromatic carbocycles. The molecule has 0 aliphatic rings. The van der Waals surface area contributed by atoms with Crippen molar-refractivity contribution in [2.45, 2.75) is 0 Å². The van der Waals surface area contributed by atoms with Crippen LogP contribution in [0.1, 0.15) is 5.56 Å². The smallest absolute Gasteiger partial charge is 0.258 e. The maximum absolute atomic E-state index is 10.8. The SMILES string of the molecule is N#Cc1cn(-c2cccc([N+](=O)[O-])c2)nc1N=CC(C#N)C#N. The average molecular weight is 305 g/mol. The molecule has 0 radical (unpaired) electrons. The maximum Gasteiger partial charge on any atom is 0.271 e. The fourth-order valence-corrected chi connectivity index (χ4v) is 1.66. The third-order valence-electron chi connectivity index (χ3n) is 2.74.